The monoisotopic (exact) mass is 349 g/mol. The van der Waals surface area contributed by atoms with Gasteiger partial charge in [-0.1, -0.05) is 29.3 Å². The predicted molar refractivity (Wildman–Crippen MR) is 92.0 cm³/mol. The van der Waals surface area contributed by atoms with Gasteiger partial charge in [0.25, 0.3) is 0 Å². The van der Waals surface area contributed by atoms with Crippen LogP contribution in [-0.2, 0) is 0 Å². The second-order valence-corrected chi connectivity index (χ2v) is 5.69. The molecular formula is C17H13Cl2NO3. The Bertz CT molecular complexity index is 897. The van der Waals surface area contributed by atoms with Crippen LogP contribution in [0, 0.1) is 0 Å². The summed E-state index contributed by atoms with van der Waals surface area (Å²) in [7, 11) is 3.10. The number of benzene rings is 2. The summed E-state index contributed by atoms with van der Waals surface area (Å²) in [5.41, 5.74) is 1.09. The van der Waals surface area contributed by atoms with Crippen molar-refractivity contribution < 1.29 is 14.6 Å². The van der Waals surface area contributed by atoms with Gasteiger partial charge in [-0.15, -0.1) is 0 Å². The quantitative estimate of drug-likeness (QED) is 0.728. The van der Waals surface area contributed by atoms with E-state index in [1.54, 1.807) is 50.7 Å². The van der Waals surface area contributed by atoms with Gasteiger partial charge in [0.05, 0.1) is 24.3 Å². The van der Waals surface area contributed by atoms with Gasteiger partial charge in [0.15, 0.2) is 11.5 Å². The van der Waals surface area contributed by atoms with Crippen molar-refractivity contribution in [3.8, 4) is 28.5 Å². The van der Waals surface area contributed by atoms with Crippen molar-refractivity contribution in [3.63, 3.8) is 0 Å². The van der Waals surface area contributed by atoms with Crippen molar-refractivity contribution in [2.24, 2.45) is 0 Å². The Hall–Kier alpha value is -2.17. The molecule has 1 heterocycles. The fraction of sp³-hybridized carbons (Fsp3) is 0.118. The number of halogens is 2. The number of aromatic nitrogens is 1. The molecule has 0 amide bonds. The van der Waals surface area contributed by atoms with Gasteiger partial charge in [-0.2, -0.15) is 0 Å². The maximum absolute atomic E-state index is 10.6. The molecule has 0 aliphatic carbocycles. The minimum absolute atomic E-state index is 0.0434. The average Bonchev–Trinajstić information content (AvgIpc) is 2.57. The van der Waals surface area contributed by atoms with E-state index < -0.39 is 0 Å². The molecule has 0 aliphatic heterocycles. The van der Waals surface area contributed by atoms with Crippen molar-refractivity contribution in [1.29, 1.82) is 0 Å². The van der Waals surface area contributed by atoms with E-state index >= 15 is 0 Å². The third-order valence-electron chi connectivity index (χ3n) is 3.56. The Morgan fingerprint density at radius 2 is 1.65 bits per heavy atom. The van der Waals surface area contributed by atoms with Crippen LogP contribution in [0.1, 0.15) is 0 Å². The molecule has 0 atom stereocenters. The lowest BCUT2D eigenvalue weighted by molar-refractivity contribution is 0.355. The third-order valence-corrected chi connectivity index (χ3v) is 4.30. The van der Waals surface area contributed by atoms with Crippen LogP contribution in [0.15, 0.2) is 36.5 Å². The molecule has 3 rings (SSSR count). The summed E-state index contributed by atoms with van der Waals surface area (Å²) in [6.45, 7) is 0. The zero-order valence-electron chi connectivity index (χ0n) is 12.4. The van der Waals surface area contributed by atoms with Crippen molar-refractivity contribution in [3.05, 3.63) is 46.6 Å². The van der Waals surface area contributed by atoms with E-state index in [0.717, 1.165) is 5.39 Å². The highest BCUT2D eigenvalue weighted by atomic mass is 35.5. The lowest BCUT2D eigenvalue weighted by Crippen LogP contribution is -1.92. The zero-order chi connectivity index (χ0) is 16.6. The highest BCUT2D eigenvalue weighted by Gasteiger charge is 2.15. The fourth-order valence-electron chi connectivity index (χ4n) is 2.38. The summed E-state index contributed by atoms with van der Waals surface area (Å²) in [5, 5.41) is 12.8. The average molecular weight is 350 g/mol. The highest BCUT2D eigenvalue weighted by molar-refractivity contribution is 6.42. The lowest BCUT2D eigenvalue weighted by Gasteiger charge is -2.12. The summed E-state index contributed by atoms with van der Waals surface area (Å²) >= 11 is 12.0. The molecule has 4 nitrogen and oxygen atoms in total. The Kier molecular flexibility index (Phi) is 4.20. The Morgan fingerprint density at radius 1 is 0.957 bits per heavy atom. The van der Waals surface area contributed by atoms with Gasteiger partial charge in [-0.05, 0) is 24.3 Å². The Morgan fingerprint density at radius 3 is 2.30 bits per heavy atom. The fourth-order valence-corrected chi connectivity index (χ4v) is 2.68. The van der Waals surface area contributed by atoms with Crippen molar-refractivity contribution >= 4 is 34.0 Å². The molecule has 23 heavy (non-hydrogen) atoms. The third kappa shape index (κ3) is 2.76. The summed E-state index contributed by atoms with van der Waals surface area (Å²) < 4.78 is 10.5. The molecule has 1 aromatic heterocycles. The Balaban J connectivity index is 2.23. The van der Waals surface area contributed by atoms with Crippen molar-refractivity contribution in [2.45, 2.75) is 0 Å². The van der Waals surface area contributed by atoms with Gasteiger partial charge in [-0.3, -0.25) is 4.98 Å². The first-order valence-corrected chi connectivity index (χ1v) is 7.50. The second-order valence-electron chi connectivity index (χ2n) is 4.88. The van der Waals surface area contributed by atoms with Crippen LogP contribution in [0.4, 0.5) is 0 Å². The number of methoxy groups -OCH3 is 2. The first kappa shape index (κ1) is 15.7. The molecule has 0 bridgehead atoms. The molecule has 0 unspecified atom stereocenters. The van der Waals surface area contributed by atoms with Gasteiger partial charge in [0.1, 0.15) is 11.4 Å². The SMILES string of the molecule is COc1cc2cnc(-c3ccc(Cl)c(Cl)c3)c(O)c2cc1OC. The zero-order valence-corrected chi connectivity index (χ0v) is 13.9. The molecule has 118 valence electrons. The standard InChI is InChI=1S/C17H13Cl2NO3/c1-22-14-6-10-8-20-16(9-3-4-12(18)13(19)5-9)17(21)11(10)7-15(14)23-2/h3-8,21H,1-2H3. The summed E-state index contributed by atoms with van der Waals surface area (Å²) in [6.07, 6.45) is 1.66. The van der Waals surface area contributed by atoms with E-state index in [0.29, 0.717) is 38.2 Å². The van der Waals surface area contributed by atoms with Crippen LogP contribution in [0.2, 0.25) is 10.0 Å². The molecule has 0 aliphatic rings. The van der Waals surface area contributed by atoms with Crippen molar-refractivity contribution in [1.82, 2.24) is 4.98 Å². The smallest absolute Gasteiger partial charge is 0.161 e. The Labute approximate surface area is 143 Å². The number of hydrogen-bond donors (Lipinski definition) is 1. The minimum atomic E-state index is 0.0434. The maximum atomic E-state index is 10.6. The summed E-state index contributed by atoms with van der Waals surface area (Å²) in [5.74, 6) is 1.15. The molecule has 2 aromatic carbocycles. The number of aromatic hydroxyl groups is 1. The highest BCUT2D eigenvalue weighted by Crippen LogP contribution is 2.40. The topological polar surface area (TPSA) is 51.6 Å². The van der Waals surface area contributed by atoms with Crippen LogP contribution in [0.5, 0.6) is 17.2 Å². The van der Waals surface area contributed by atoms with E-state index in [2.05, 4.69) is 4.98 Å². The number of ether oxygens (including phenoxy) is 2. The molecule has 0 saturated heterocycles. The molecule has 0 fully saturated rings. The van der Waals surface area contributed by atoms with E-state index in [-0.39, 0.29) is 5.75 Å². The van der Waals surface area contributed by atoms with Crippen LogP contribution in [0.3, 0.4) is 0 Å². The number of pyridine rings is 1. The lowest BCUT2D eigenvalue weighted by atomic mass is 10.1. The first-order chi connectivity index (χ1) is 11.0. The molecular weight excluding hydrogens is 337 g/mol. The van der Waals surface area contributed by atoms with Gasteiger partial charge < -0.3 is 14.6 Å². The van der Waals surface area contributed by atoms with E-state index in [1.807, 2.05) is 0 Å². The number of nitrogens with zero attached hydrogens (tertiary/aromatic N) is 1. The van der Waals surface area contributed by atoms with Gasteiger partial charge >= 0.3 is 0 Å². The van der Waals surface area contributed by atoms with Gasteiger partial charge in [-0.25, -0.2) is 0 Å². The molecule has 0 saturated carbocycles. The van der Waals surface area contributed by atoms with Gasteiger partial charge in [0.2, 0.25) is 0 Å². The largest absolute Gasteiger partial charge is 0.505 e. The van der Waals surface area contributed by atoms with E-state index in [4.69, 9.17) is 32.7 Å². The van der Waals surface area contributed by atoms with Crippen LogP contribution in [0.25, 0.3) is 22.0 Å². The van der Waals surface area contributed by atoms with Crippen LogP contribution in [-0.4, -0.2) is 24.3 Å². The molecule has 0 radical (unpaired) electrons. The molecule has 3 aromatic rings. The maximum Gasteiger partial charge on any atom is 0.161 e. The molecule has 6 heteroatoms. The second kappa shape index (κ2) is 6.14. The number of rotatable bonds is 3. The predicted octanol–water partition coefficient (Wildman–Crippen LogP) is 4.93. The summed E-state index contributed by atoms with van der Waals surface area (Å²) in [4.78, 5) is 4.33. The first-order valence-electron chi connectivity index (χ1n) is 6.74. The summed E-state index contributed by atoms with van der Waals surface area (Å²) in [6, 6.07) is 8.56. The van der Waals surface area contributed by atoms with Crippen LogP contribution < -0.4 is 9.47 Å². The molecule has 0 spiro atoms. The van der Waals surface area contributed by atoms with Crippen molar-refractivity contribution in [2.75, 3.05) is 14.2 Å². The van der Waals surface area contributed by atoms with Crippen LogP contribution >= 0.6 is 23.2 Å². The number of fused-ring (bicyclic) bond motifs is 1. The minimum Gasteiger partial charge on any atom is -0.505 e. The normalized spacial score (nSPS) is 10.8. The number of hydrogen-bond acceptors (Lipinski definition) is 4. The van der Waals surface area contributed by atoms with E-state index in [9.17, 15) is 5.11 Å². The van der Waals surface area contributed by atoms with Gasteiger partial charge in [0, 0.05) is 22.5 Å². The van der Waals surface area contributed by atoms with E-state index in [1.165, 1.54) is 0 Å². The molecule has 1 N–H and O–H groups in total.